The van der Waals surface area contributed by atoms with Crippen LogP contribution < -0.4 is 5.32 Å². The quantitative estimate of drug-likeness (QED) is 0.687. The molecule has 0 unspecified atom stereocenters. The van der Waals surface area contributed by atoms with E-state index in [4.69, 9.17) is 0 Å². The molecule has 1 heterocycles. The molecule has 0 saturated carbocycles. The molecule has 102 valence electrons. The van der Waals surface area contributed by atoms with Crippen LogP contribution in [-0.2, 0) is 0 Å². The van der Waals surface area contributed by atoms with Crippen LogP contribution in [-0.4, -0.2) is 15.8 Å². The van der Waals surface area contributed by atoms with E-state index in [1.165, 1.54) is 24.3 Å². The predicted octanol–water partition coefficient (Wildman–Crippen LogP) is 3.14. The Bertz CT molecular complexity index is 676. The number of benzene rings is 1. The highest BCUT2D eigenvalue weighted by Gasteiger charge is 2.19. The van der Waals surface area contributed by atoms with Gasteiger partial charge in [-0.3, -0.25) is 14.9 Å². The summed E-state index contributed by atoms with van der Waals surface area (Å²) in [6, 6.07) is 6.53. The van der Waals surface area contributed by atoms with E-state index in [9.17, 15) is 19.3 Å². The maximum atomic E-state index is 12.7. The van der Waals surface area contributed by atoms with E-state index >= 15 is 0 Å². The van der Waals surface area contributed by atoms with Crippen molar-refractivity contribution in [1.82, 2.24) is 4.98 Å². The standard InChI is InChI=1S/C12H7BrFN3O3/c13-11-8(2-1-3-9(11)17(19)20)12(18)16-10-5-4-7(14)6-15-10/h1-6H,(H,15,16,18). The molecule has 8 heteroatoms. The number of carbonyl (C=O) groups excluding carboxylic acids is 1. The molecule has 1 N–H and O–H groups in total. The zero-order valence-corrected chi connectivity index (χ0v) is 11.4. The lowest BCUT2D eigenvalue weighted by Crippen LogP contribution is -2.14. The Morgan fingerprint density at radius 3 is 2.70 bits per heavy atom. The van der Waals surface area contributed by atoms with Crippen molar-refractivity contribution >= 4 is 33.3 Å². The third-order valence-electron chi connectivity index (χ3n) is 2.39. The zero-order valence-electron chi connectivity index (χ0n) is 9.84. The summed E-state index contributed by atoms with van der Waals surface area (Å²) >= 11 is 3.02. The fraction of sp³-hybridized carbons (Fsp3) is 0. The van der Waals surface area contributed by atoms with Gasteiger partial charge in [0.15, 0.2) is 0 Å². The molecule has 1 aromatic carbocycles. The van der Waals surface area contributed by atoms with Gasteiger partial charge < -0.3 is 5.32 Å². The zero-order chi connectivity index (χ0) is 14.7. The number of nitrogens with zero attached hydrogens (tertiary/aromatic N) is 2. The summed E-state index contributed by atoms with van der Waals surface area (Å²) in [7, 11) is 0. The number of pyridine rings is 1. The highest BCUT2D eigenvalue weighted by atomic mass is 79.9. The van der Waals surface area contributed by atoms with E-state index in [0.29, 0.717) is 0 Å². The molecule has 0 saturated heterocycles. The van der Waals surface area contributed by atoms with Crippen molar-refractivity contribution in [2.45, 2.75) is 0 Å². The summed E-state index contributed by atoms with van der Waals surface area (Å²) in [5.41, 5.74) is -0.130. The van der Waals surface area contributed by atoms with Gasteiger partial charge in [0.05, 0.1) is 16.7 Å². The molecule has 0 aliphatic rings. The Labute approximate surface area is 120 Å². The van der Waals surface area contributed by atoms with Gasteiger partial charge in [0.2, 0.25) is 0 Å². The fourth-order valence-corrected chi connectivity index (χ4v) is 2.06. The van der Waals surface area contributed by atoms with Gasteiger partial charge >= 0.3 is 0 Å². The number of halogens is 2. The maximum Gasteiger partial charge on any atom is 0.284 e. The summed E-state index contributed by atoms with van der Waals surface area (Å²) < 4.78 is 12.8. The van der Waals surface area contributed by atoms with E-state index in [1.54, 1.807) is 0 Å². The number of anilines is 1. The number of carbonyl (C=O) groups is 1. The highest BCUT2D eigenvalue weighted by Crippen LogP contribution is 2.28. The van der Waals surface area contributed by atoms with E-state index in [-0.39, 0.29) is 21.5 Å². The Balaban J connectivity index is 2.28. The molecular weight excluding hydrogens is 333 g/mol. The van der Waals surface area contributed by atoms with Crippen LogP contribution in [0.25, 0.3) is 0 Å². The van der Waals surface area contributed by atoms with Crippen molar-refractivity contribution < 1.29 is 14.1 Å². The highest BCUT2D eigenvalue weighted by molar-refractivity contribution is 9.10. The van der Waals surface area contributed by atoms with Crippen LogP contribution >= 0.6 is 15.9 Å². The Morgan fingerprint density at radius 2 is 2.10 bits per heavy atom. The number of rotatable bonds is 3. The topological polar surface area (TPSA) is 85.1 Å². The van der Waals surface area contributed by atoms with Crippen molar-refractivity contribution in [3.63, 3.8) is 0 Å². The second-order valence-corrected chi connectivity index (χ2v) is 4.50. The van der Waals surface area contributed by atoms with Crippen LogP contribution in [0.5, 0.6) is 0 Å². The lowest BCUT2D eigenvalue weighted by Gasteiger charge is -2.06. The van der Waals surface area contributed by atoms with Gasteiger partial charge in [-0.1, -0.05) is 6.07 Å². The average molecular weight is 340 g/mol. The van der Waals surface area contributed by atoms with E-state index in [0.717, 1.165) is 12.3 Å². The molecule has 1 amide bonds. The minimum atomic E-state index is -0.600. The Kier molecular flexibility index (Phi) is 4.04. The molecule has 0 spiro atoms. The summed E-state index contributed by atoms with van der Waals surface area (Å²) in [5, 5.41) is 13.2. The summed E-state index contributed by atoms with van der Waals surface area (Å²) in [4.78, 5) is 25.9. The lowest BCUT2D eigenvalue weighted by atomic mass is 10.2. The largest absolute Gasteiger partial charge is 0.307 e. The van der Waals surface area contributed by atoms with Crippen molar-refractivity contribution in [1.29, 1.82) is 0 Å². The third-order valence-corrected chi connectivity index (χ3v) is 3.22. The molecule has 0 bridgehead atoms. The Hall–Kier alpha value is -2.35. The first-order valence-electron chi connectivity index (χ1n) is 5.35. The van der Waals surface area contributed by atoms with Crippen molar-refractivity contribution in [3.8, 4) is 0 Å². The van der Waals surface area contributed by atoms with E-state index in [2.05, 4.69) is 26.2 Å². The number of aromatic nitrogens is 1. The van der Waals surface area contributed by atoms with Crippen LogP contribution in [0.15, 0.2) is 41.0 Å². The van der Waals surface area contributed by atoms with Gasteiger partial charge in [-0.15, -0.1) is 0 Å². The summed E-state index contributed by atoms with van der Waals surface area (Å²) in [6.07, 6.45) is 0.956. The molecular formula is C12H7BrFN3O3. The predicted molar refractivity (Wildman–Crippen MR) is 72.9 cm³/mol. The van der Waals surface area contributed by atoms with Gasteiger partial charge in [-0.2, -0.15) is 0 Å². The first-order valence-corrected chi connectivity index (χ1v) is 6.14. The van der Waals surface area contributed by atoms with Crippen LogP contribution in [0.3, 0.4) is 0 Å². The maximum absolute atomic E-state index is 12.7. The summed E-state index contributed by atoms with van der Waals surface area (Å²) in [5.74, 6) is -0.964. The smallest absolute Gasteiger partial charge is 0.284 e. The van der Waals surface area contributed by atoms with Gasteiger partial charge in [0.1, 0.15) is 16.1 Å². The second-order valence-electron chi connectivity index (χ2n) is 3.71. The van der Waals surface area contributed by atoms with Gasteiger partial charge in [0.25, 0.3) is 11.6 Å². The van der Waals surface area contributed by atoms with Gasteiger partial charge in [0, 0.05) is 6.07 Å². The number of hydrogen-bond acceptors (Lipinski definition) is 4. The lowest BCUT2D eigenvalue weighted by molar-refractivity contribution is -0.385. The minimum absolute atomic E-state index is 0.0737. The van der Waals surface area contributed by atoms with Crippen molar-refractivity contribution in [3.05, 3.63) is 62.5 Å². The molecule has 1 aromatic heterocycles. The number of nitrogens with one attached hydrogen (secondary N) is 1. The van der Waals surface area contributed by atoms with Crippen LogP contribution in [0.4, 0.5) is 15.9 Å². The van der Waals surface area contributed by atoms with E-state index in [1.807, 2.05) is 0 Å². The molecule has 0 atom stereocenters. The number of hydrogen-bond donors (Lipinski definition) is 1. The number of nitro benzene ring substituents is 1. The van der Waals surface area contributed by atoms with Crippen LogP contribution in [0, 0.1) is 15.9 Å². The first-order chi connectivity index (χ1) is 9.49. The normalized spacial score (nSPS) is 10.1. The first kappa shape index (κ1) is 14.1. The third kappa shape index (κ3) is 2.97. The minimum Gasteiger partial charge on any atom is -0.307 e. The van der Waals surface area contributed by atoms with Crippen LogP contribution in [0.1, 0.15) is 10.4 Å². The second kappa shape index (κ2) is 5.74. The average Bonchev–Trinajstić information content (AvgIpc) is 2.41. The monoisotopic (exact) mass is 339 g/mol. The molecule has 6 nitrogen and oxygen atoms in total. The van der Waals surface area contributed by atoms with Gasteiger partial charge in [-0.25, -0.2) is 9.37 Å². The van der Waals surface area contributed by atoms with Crippen LogP contribution in [0.2, 0.25) is 0 Å². The Morgan fingerprint density at radius 1 is 1.35 bits per heavy atom. The number of nitro groups is 1. The molecule has 2 aromatic rings. The molecule has 0 radical (unpaired) electrons. The fourth-order valence-electron chi connectivity index (χ4n) is 1.47. The molecule has 0 aliphatic heterocycles. The molecule has 0 fully saturated rings. The van der Waals surface area contributed by atoms with E-state index < -0.39 is 16.6 Å². The molecule has 20 heavy (non-hydrogen) atoms. The van der Waals surface area contributed by atoms with Gasteiger partial charge in [-0.05, 0) is 34.1 Å². The molecule has 2 rings (SSSR count). The van der Waals surface area contributed by atoms with Crippen molar-refractivity contribution in [2.75, 3.05) is 5.32 Å². The van der Waals surface area contributed by atoms with Crippen molar-refractivity contribution in [2.24, 2.45) is 0 Å². The summed E-state index contributed by atoms with van der Waals surface area (Å²) in [6.45, 7) is 0. The SMILES string of the molecule is O=C(Nc1ccc(F)cn1)c1cccc([N+](=O)[O-])c1Br. The number of amides is 1. The molecule has 0 aliphatic carbocycles.